The summed E-state index contributed by atoms with van der Waals surface area (Å²) in [7, 11) is 0. The largest absolute Gasteiger partial charge is 0.389 e. The number of anilines is 1. The quantitative estimate of drug-likeness (QED) is 0.707. The van der Waals surface area contributed by atoms with Gasteiger partial charge in [0.05, 0.1) is 11.8 Å². The van der Waals surface area contributed by atoms with E-state index in [1.807, 2.05) is 4.90 Å². The number of aliphatic hydroxyl groups excluding tert-OH is 1. The van der Waals surface area contributed by atoms with Crippen molar-refractivity contribution in [1.29, 1.82) is 0 Å². The van der Waals surface area contributed by atoms with Crippen LogP contribution in [0.3, 0.4) is 0 Å². The Hall–Kier alpha value is -1.23. The van der Waals surface area contributed by atoms with E-state index >= 15 is 0 Å². The number of hydrogen-bond donors (Lipinski definition) is 1. The van der Waals surface area contributed by atoms with Crippen LogP contribution in [-0.4, -0.2) is 34.3 Å². The molecule has 5 heteroatoms. The zero-order valence-electron chi connectivity index (χ0n) is 7.02. The lowest BCUT2D eigenvalue weighted by Crippen LogP contribution is -2.51. The Bertz CT molecular complexity index is 301. The Kier molecular flexibility index (Phi) is 2.10. The Balaban J connectivity index is 2.12. The first kappa shape index (κ1) is 8.37. The molecule has 4 nitrogen and oxygen atoms in total. The van der Waals surface area contributed by atoms with Crippen molar-refractivity contribution in [3.63, 3.8) is 0 Å². The van der Waals surface area contributed by atoms with Gasteiger partial charge in [-0.2, -0.15) is 0 Å². The van der Waals surface area contributed by atoms with Crippen LogP contribution in [0.4, 0.5) is 10.2 Å². The van der Waals surface area contributed by atoms with Crippen molar-refractivity contribution in [3.05, 3.63) is 18.1 Å². The van der Waals surface area contributed by atoms with Crippen molar-refractivity contribution >= 4 is 5.82 Å². The molecule has 1 saturated heterocycles. The molecule has 0 bridgehead atoms. The van der Waals surface area contributed by atoms with E-state index in [1.54, 1.807) is 6.07 Å². The third-order valence-electron chi connectivity index (χ3n) is 2.03. The van der Waals surface area contributed by atoms with Crippen molar-refractivity contribution in [2.75, 3.05) is 18.0 Å². The summed E-state index contributed by atoms with van der Waals surface area (Å²) in [5, 5.41) is 9.05. The molecule has 1 aliphatic rings. The molecule has 0 unspecified atom stereocenters. The average Bonchev–Trinajstić information content (AvgIpc) is 2.13. The standard InChI is InChI=1S/C8H10FN3O/c9-2-6-1-8(11-5-10-6)12-3-7(13)4-12/h1,5,7,13H,2-4H2. The fourth-order valence-corrected chi connectivity index (χ4v) is 1.27. The van der Waals surface area contributed by atoms with Crippen molar-refractivity contribution in [2.45, 2.75) is 12.8 Å². The number of hydrogen-bond acceptors (Lipinski definition) is 4. The van der Waals surface area contributed by atoms with Crippen LogP contribution in [0.15, 0.2) is 12.4 Å². The van der Waals surface area contributed by atoms with Gasteiger partial charge in [0, 0.05) is 19.2 Å². The highest BCUT2D eigenvalue weighted by Crippen LogP contribution is 2.18. The predicted octanol–water partition coefficient (Wildman–Crippen LogP) is 0.127. The van der Waals surface area contributed by atoms with E-state index in [4.69, 9.17) is 5.11 Å². The second-order valence-corrected chi connectivity index (χ2v) is 3.06. The minimum absolute atomic E-state index is 0.274. The molecular formula is C8H10FN3O. The summed E-state index contributed by atoms with van der Waals surface area (Å²) >= 11 is 0. The van der Waals surface area contributed by atoms with E-state index in [2.05, 4.69) is 9.97 Å². The Morgan fingerprint density at radius 2 is 2.31 bits per heavy atom. The lowest BCUT2D eigenvalue weighted by molar-refractivity contribution is 0.141. The van der Waals surface area contributed by atoms with Gasteiger partial charge in [-0.1, -0.05) is 0 Å². The van der Waals surface area contributed by atoms with Crippen LogP contribution in [0, 0.1) is 0 Å². The number of aromatic nitrogens is 2. The number of nitrogens with zero attached hydrogens (tertiary/aromatic N) is 3. The van der Waals surface area contributed by atoms with Crippen molar-refractivity contribution in [2.24, 2.45) is 0 Å². The zero-order valence-corrected chi connectivity index (χ0v) is 7.02. The first-order valence-electron chi connectivity index (χ1n) is 4.09. The number of halogens is 1. The first-order valence-corrected chi connectivity index (χ1v) is 4.09. The molecule has 70 valence electrons. The molecule has 1 aromatic heterocycles. The molecule has 0 aliphatic carbocycles. The number of alkyl halides is 1. The summed E-state index contributed by atoms with van der Waals surface area (Å²) in [6.07, 6.45) is 1.07. The van der Waals surface area contributed by atoms with Gasteiger partial charge in [0.25, 0.3) is 0 Å². The van der Waals surface area contributed by atoms with Crippen molar-refractivity contribution in [3.8, 4) is 0 Å². The molecule has 1 aliphatic heterocycles. The number of rotatable bonds is 2. The van der Waals surface area contributed by atoms with Crippen LogP contribution in [-0.2, 0) is 6.67 Å². The van der Waals surface area contributed by atoms with Gasteiger partial charge in [-0.25, -0.2) is 14.4 Å². The molecule has 0 radical (unpaired) electrons. The van der Waals surface area contributed by atoms with Gasteiger partial charge in [-0.05, 0) is 0 Å². The molecule has 0 aromatic carbocycles. The average molecular weight is 183 g/mol. The third-order valence-corrected chi connectivity index (χ3v) is 2.03. The Morgan fingerprint density at radius 1 is 1.54 bits per heavy atom. The lowest BCUT2D eigenvalue weighted by atomic mass is 10.2. The van der Waals surface area contributed by atoms with E-state index in [0.717, 1.165) is 0 Å². The summed E-state index contributed by atoms with van der Waals surface area (Å²) in [5.41, 5.74) is 0.381. The normalized spacial score (nSPS) is 17.2. The maximum atomic E-state index is 12.2. The highest BCUT2D eigenvalue weighted by atomic mass is 19.1. The summed E-state index contributed by atoms with van der Waals surface area (Å²) in [4.78, 5) is 9.60. The number of aliphatic hydroxyl groups is 1. The summed E-state index contributed by atoms with van der Waals surface area (Å²) < 4.78 is 12.2. The summed E-state index contributed by atoms with van der Waals surface area (Å²) in [6.45, 7) is 0.567. The third kappa shape index (κ3) is 1.60. The van der Waals surface area contributed by atoms with Crippen LogP contribution in [0.1, 0.15) is 5.69 Å². The van der Waals surface area contributed by atoms with E-state index in [0.29, 0.717) is 24.6 Å². The molecule has 1 N–H and O–H groups in total. The minimum atomic E-state index is -0.577. The Morgan fingerprint density at radius 3 is 2.92 bits per heavy atom. The molecule has 1 fully saturated rings. The monoisotopic (exact) mass is 183 g/mol. The maximum absolute atomic E-state index is 12.2. The van der Waals surface area contributed by atoms with E-state index in [9.17, 15) is 4.39 Å². The van der Waals surface area contributed by atoms with Gasteiger partial charge < -0.3 is 10.0 Å². The summed E-state index contributed by atoms with van der Waals surface area (Å²) in [6, 6.07) is 1.60. The fourth-order valence-electron chi connectivity index (χ4n) is 1.27. The number of β-amino-alcohol motifs (C(OH)–C–C–N with tert-alkyl or cyclic N) is 1. The SMILES string of the molecule is OC1CN(c2cc(CF)ncn2)C1. The second-order valence-electron chi connectivity index (χ2n) is 3.06. The van der Waals surface area contributed by atoms with E-state index < -0.39 is 6.67 Å². The van der Waals surface area contributed by atoms with Crippen LogP contribution in [0.2, 0.25) is 0 Å². The molecule has 0 atom stereocenters. The van der Waals surface area contributed by atoms with Crippen LogP contribution in [0.25, 0.3) is 0 Å². The maximum Gasteiger partial charge on any atom is 0.132 e. The molecule has 2 rings (SSSR count). The minimum Gasteiger partial charge on any atom is -0.389 e. The molecule has 0 spiro atoms. The topological polar surface area (TPSA) is 49.2 Å². The molecule has 0 saturated carbocycles. The molecule has 1 aromatic rings. The van der Waals surface area contributed by atoms with Gasteiger partial charge in [-0.3, -0.25) is 0 Å². The first-order chi connectivity index (χ1) is 6.29. The zero-order chi connectivity index (χ0) is 9.26. The molecule has 0 amide bonds. The molecule has 2 heterocycles. The van der Waals surface area contributed by atoms with Crippen LogP contribution < -0.4 is 4.90 Å². The van der Waals surface area contributed by atoms with Gasteiger partial charge in [0.1, 0.15) is 18.8 Å². The molecular weight excluding hydrogens is 173 g/mol. The van der Waals surface area contributed by atoms with Gasteiger partial charge >= 0.3 is 0 Å². The van der Waals surface area contributed by atoms with Gasteiger partial charge in [-0.15, -0.1) is 0 Å². The predicted molar refractivity (Wildman–Crippen MR) is 45.1 cm³/mol. The van der Waals surface area contributed by atoms with Gasteiger partial charge in [0.15, 0.2) is 0 Å². The molecule has 13 heavy (non-hydrogen) atoms. The fraction of sp³-hybridized carbons (Fsp3) is 0.500. The van der Waals surface area contributed by atoms with Crippen LogP contribution in [0.5, 0.6) is 0 Å². The van der Waals surface area contributed by atoms with Gasteiger partial charge in [0.2, 0.25) is 0 Å². The van der Waals surface area contributed by atoms with E-state index in [1.165, 1.54) is 6.33 Å². The Labute approximate surface area is 75.0 Å². The highest BCUT2D eigenvalue weighted by Gasteiger charge is 2.25. The van der Waals surface area contributed by atoms with Crippen molar-refractivity contribution in [1.82, 2.24) is 9.97 Å². The smallest absolute Gasteiger partial charge is 0.132 e. The van der Waals surface area contributed by atoms with E-state index in [-0.39, 0.29) is 6.10 Å². The lowest BCUT2D eigenvalue weighted by Gasteiger charge is -2.36. The van der Waals surface area contributed by atoms with Crippen LogP contribution >= 0.6 is 0 Å². The second kappa shape index (κ2) is 3.26. The highest BCUT2D eigenvalue weighted by molar-refractivity contribution is 5.42. The van der Waals surface area contributed by atoms with Crippen molar-refractivity contribution < 1.29 is 9.50 Å². The summed E-state index contributed by atoms with van der Waals surface area (Å²) in [5.74, 6) is 0.688.